The van der Waals surface area contributed by atoms with Crippen LogP contribution in [-0.2, 0) is 4.18 Å². The van der Waals surface area contributed by atoms with Crippen LogP contribution in [-0.4, -0.2) is 21.1 Å². The Kier molecular flexibility index (Phi) is 1.81. The van der Waals surface area contributed by atoms with Gasteiger partial charge in [0.25, 0.3) is 0 Å². The van der Waals surface area contributed by atoms with Crippen LogP contribution in [0.1, 0.15) is 0 Å². The van der Waals surface area contributed by atoms with Gasteiger partial charge in [-0.2, -0.15) is 0 Å². The van der Waals surface area contributed by atoms with Gasteiger partial charge >= 0.3 is 54.2 Å². The number of rotatable bonds is 0. The molecule has 0 N–H and O–H groups in total. The molecule has 1 aliphatic heterocycles. The van der Waals surface area contributed by atoms with Gasteiger partial charge in [-0.15, -0.1) is 0 Å². The second-order valence-electron chi connectivity index (χ2n) is 1.21. The number of nitrogens with zero attached hydrogens (tertiary/aromatic N) is 1. The predicted molar refractivity (Wildman–Crippen MR) is 35.2 cm³/mol. The van der Waals surface area contributed by atoms with E-state index in [4.69, 9.17) is 4.18 Å². The van der Waals surface area contributed by atoms with Crippen molar-refractivity contribution in [1.82, 2.24) is 0 Å². The van der Waals surface area contributed by atoms with Crippen LogP contribution in [0.4, 0.5) is 0 Å². The molecule has 0 spiro atoms. The molecule has 0 radical (unpaired) electrons. The zero-order valence-electron chi connectivity index (χ0n) is 3.92. The summed E-state index contributed by atoms with van der Waals surface area (Å²) in [6, 6.07) is 0. The van der Waals surface area contributed by atoms with Crippen LogP contribution in [0, 0.1) is 0 Å². The molecular formula is C3H5GeNOS. The molecule has 38 valence electrons. The summed E-state index contributed by atoms with van der Waals surface area (Å²) >= 11 is 1.85. The van der Waals surface area contributed by atoms with Crippen LogP contribution in [0.15, 0.2) is 16.7 Å². The standard InChI is InChI=1S/C3H5GeNOS/c4-3-1-2-6-7-5-3/h1-2H,4H3. The van der Waals surface area contributed by atoms with Gasteiger partial charge in [-0.05, 0) is 0 Å². The molecule has 0 aromatic carbocycles. The van der Waals surface area contributed by atoms with E-state index < -0.39 is 0 Å². The second-order valence-corrected chi connectivity index (χ2v) is 3.88. The van der Waals surface area contributed by atoms with Crippen LogP contribution in [0.25, 0.3) is 0 Å². The van der Waals surface area contributed by atoms with Gasteiger partial charge in [-0.1, -0.05) is 0 Å². The Morgan fingerprint density at radius 1 is 1.86 bits per heavy atom. The fourth-order valence-corrected chi connectivity index (χ4v) is 1.34. The average Bonchev–Trinajstić information content (AvgIpc) is 1.69. The summed E-state index contributed by atoms with van der Waals surface area (Å²) in [5.41, 5.74) is 0. The maximum atomic E-state index is 4.72. The molecule has 1 aliphatic rings. The monoisotopic (exact) mass is 177 g/mol. The Labute approximate surface area is 54.6 Å². The van der Waals surface area contributed by atoms with Crippen LogP contribution < -0.4 is 0 Å². The normalized spacial score (nSPS) is 18.6. The van der Waals surface area contributed by atoms with E-state index in [2.05, 4.69) is 4.40 Å². The van der Waals surface area contributed by atoms with Gasteiger partial charge in [0.15, 0.2) is 0 Å². The van der Waals surface area contributed by atoms with Crippen LogP contribution in [0.5, 0.6) is 0 Å². The summed E-state index contributed by atoms with van der Waals surface area (Å²) in [6.45, 7) is 0. The van der Waals surface area contributed by atoms with Crippen LogP contribution in [0.3, 0.4) is 0 Å². The summed E-state index contributed by atoms with van der Waals surface area (Å²) in [7, 11) is 0. The fourth-order valence-electron chi connectivity index (χ4n) is 0.262. The third kappa shape index (κ3) is 1.56. The molecule has 0 aliphatic carbocycles. The Morgan fingerprint density at radius 2 is 2.71 bits per heavy atom. The molecule has 0 unspecified atom stereocenters. The van der Waals surface area contributed by atoms with Gasteiger partial charge in [-0.25, -0.2) is 0 Å². The topological polar surface area (TPSA) is 21.6 Å². The van der Waals surface area contributed by atoms with Gasteiger partial charge in [0.1, 0.15) is 0 Å². The minimum atomic E-state index is 0.695. The third-order valence-corrected chi connectivity index (χ3v) is 3.00. The molecule has 0 bridgehead atoms. The summed E-state index contributed by atoms with van der Waals surface area (Å²) in [5.74, 6) is 0. The van der Waals surface area contributed by atoms with E-state index in [1.807, 2.05) is 6.08 Å². The van der Waals surface area contributed by atoms with E-state index in [0.29, 0.717) is 16.5 Å². The quantitative estimate of drug-likeness (QED) is 0.291. The third-order valence-electron chi connectivity index (χ3n) is 0.589. The van der Waals surface area contributed by atoms with E-state index in [9.17, 15) is 0 Å². The van der Waals surface area contributed by atoms with Crippen molar-refractivity contribution in [2.24, 2.45) is 4.40 Å². The molecule has 2 nitrogen and oxygen atoms in total. The molecular weight excluding hydrogens is 171 g/mol. The first-order valence-electron chi connectivity index (χ1n) is 1.93. The molecule has 1 heterocycles. The first-order valence-corrected chi connectivity index (χ1v) is 4.73. The summed E-state index contributed by atoms with van der Waals surface area (Å²) in [4.78, 5) is 0. The van der Waals surface area contributed by atoms with Crippen molar-refractivity contribution in [3.63, 3.8) is 0 Å². The SMILES string of the molecule is [GeH3][C]1=NSOC=C1. The van der Waals surface area contributed by atoms with Crippen LogP contribution in [0.2, 0.25) is 0 Å². The zero-order chi connectivity index (χ0) is 5.11. The Morgan fingerprint density at radius 3 is 3.00 bits per heavy atom. The molecule has 1 rings (SSSR count). The summed E-state index contributed by atoms with van der Waals surface area (Å²) in [6.07, 6.45) is 3.56. The second kappa shape index (κ2) is 2.42. The maximum absolute atomic E-state index is 4.72. The van der Waals surface area contributed by atoms with Crippen molar-refractivity contribution in [3.05, 3.63) is 12.3 Å². The minimum absolute atomic E-state index is 0.695. The van der Waals surface area contributed by atoms with E-state index >= 15 is 0 Å². The molecule has 4 heteroatoms. The molecule has 0 aromatic rings. The summed E-state index contributed by atoms with van der Waals surface area (Å²) in [5, 5.41) is 0. The van der Waals surface area contributed by atoms with Crippen LogP contribution >= 0.6 is 12.2 Å². The first kappa shape index (κ1) is 5.24. The Hall–Kier alpha value is 0.103. The van der Waals surface area contributed by atoms with Crippen molar-refractivity contribution in [2.75, 3.05) is 0 Å². The molecule has 0 fully saturated rings. The number of hydrogen-bond acceptors (Lipinski definition) is 3. The molecule has 0 aromatic heterocycles. The van der Waals surface area contributed by atoms with Crippen molar-refractivity contribution in [1.29, 1.82) is 0 Å². The van der Waals surface area contributed by atoms with Gasteiger partial charge < -0.3 is 0 Å². The van der Waals surface area contributed by atoms with Crippen molar-refractivity contribution in [2.45, 2.75) is 0 Å². The van der Waals surface area contributed by atoms with Gasteiger partial charge in [0.2, 0.25) is 0 Å². The average molecular weight is 176 g/mol. The summed E-state index contributed by atoms with van der Waals surface area (Å²) < 4.78 is 9.84. The predicted octanol–water partition coefficient (Wildman–Crippen LogP) is -0.143. The van der Waals surface area contributed by atoms with Crippen molar-refractivity contribution >= 4 is 33.3 Å². The van der Waals surface area contributed by atoms with Crippen molar-refractivity contribution < 1.29 is 4.18 Å². The van der Waals surface area contributed by atoms with Gasteiger partial charge in [0.05, 0.1) is 0 Å². The molecule has 0 saturated heterocycles. The molecule has 0 saturated carbocycles. The first-order chi connectivity index (χ1) is 3.39. The van der Waals surface area contributed by atoms with E-state index in [1.54, 1.807) is 6.26 Å². The van der Waals surface area contributed by atoms with Gasteiger partial charge in [0, 0.05) is 0 Å². The van der Waals surface area contributed by atoms with Crippen molar-refractivity contribution in [3.8, 4) is 0 Å². The molecule has 0 amide bonds. The number of allylic oxidation sites excluding steroid dienone is 1. The molecule has 0 atom stereocenters. The zero-order valence-corrected chi connectivity index (χ0v) is 8.93. The van der Waals surface area contributed by atoms with E-state index in [0.717, 1.165) is 12.2 Å². The Bertz CT molecular complexity index is 122. The fraction of sp³-hybridized carbons (Fsp3) is 0. The van der Waals surface area contributed by atoms with Gasteiger partial charge in [-0.3, -0.25) is 0 Å². The Balaban J connectivity index is 2.58. The number of hydrogen-bond donors (Lipinski definition) is 0. The molecule has 7 heavy (non-hydrogen) atoms. The van der Waals surface area contributed by atoms with E-state index in [1.165, 1.54) is 4.54 Å². The van der Waals surface area contributed by atoms with E-state index in [-0.39, 0.29) is 0 Å².